The quantitative estimate of drug-likeness (QED) is 0.730. The molecular formula is C14H29NO. The lowest BCUT2D eigenvalue weighted by Crippen LogP contribution is -2.46. The van der Waals surface area contributed by atoms with Crippen LogP contribution in [0.5, 0.6) is 0 Å². The number of likely N-dealkylation sites (tertiary alicyclic amines) is 1. The molecule has 0 aromatic rings. The highest BCUT2D eigenvalue weighted by Crippen LogP contribution is 2.25. The first-order chi connectivity index (χ1) is 7.39. The highest BCUT2D eigenvalue weighted by atomic mass is 16.5. The summed E-state index contributed by atoms with van der Waals surface area (Å²) in [6.07, 6.45) is 4.32. The molecule has 96 valence electrons. The summed E-state index contributed by atoms with van der Waals surface area (Å²) >= 11 is 0. The van der Waals surface area contributed by atoms with E-state index in [-0.39, 0.29) is 0 Å². The molecule has 16 heavy (non-hydrogen) atoms. The van der Waals surface area contributed by atoms with Crippen molar-refractivity contribution in [3.8, 4) is 0 Å². The fourth-order valence-electron chi connectivity index (χ4n) is 2.36. The van der Waals surface area contributed by atoms with Crippen molar-refractivity contribution in [2.45, 2.75) is 65.5 Å². The topological polar surface area (TPSA) is 12.5 Å². The van der Waals surface area contributed by atoms with E-state index in [9.17, 15) is 0 Å². The zero-order chi connectivity index (χ0) is 12.2. The molecule has 0 bridgehead atoms. The summed E-state index contributed by atoms with van der Waals surface area (Å²) in [4.78, 5) is 2.60. The Morgan fingerprint density at radius 3 is 2.19 bits per heavy atom. The second-order valence-corrected chi connectivity index (χ2v) is 6.31. The van der Waals surface area contributed by atoms with Gasteiger partial charge in [0.2, 0.25) is 0 Å². The molecule has 0 atom stereocenters. The summed E-state index contributed by atoms with van der Waals surface area (Å²) in [5.41, 5.74) is 0.347. The van der Waals surface area contributed by atoms with Crippen LogP contribution >= 0.6 is 0 Å². The molecule has 0 saturated carbocycles. The van der Waals surface area contributed by atoms with Crippen molar-refractivity contribution in [2.24, 2.45) is 5.92 Å². The molecule has 1 heterocycles. The van der Waals surface area contributed by atoms with Crippen LogP contribution in [0.4, 0.5) is 0 Å². The van der Waals surface area contributed by atoms with Gasteiger partial charge in [0.25, 0.3) is 0 Å². The minimum absolute atomic E-state index is 0.347. The lowest BCUT2D eigenvalue weighted by molar-refractivity contribution is 0.0462. The molecule has 0 radical (unpaired) electrons. The van der Waals surface area contributed by atoms with Gasteiger partial charge in [0.1, 0.15) is 0 Å². The van der Waals surface area contributed by atoms with Crippen molar-refractivity contribution >= 4 is 0 Å². The van der Waals surface area contributed by atoms with Gasteiger partial charge in [-0.3, -0.25) is 4.90 Å². The van der Waals surface area contributed by atoms with Crippen LogP contribution in [-0.2, 0) is 4.74 Å². The average Bonchev–Trinajstić information content (AvgIpc) is 2.16. The first-order valence-corrected chi connectivity index (χ1v) is 6.76. The number of hydrogen-bond donors (Lipinski definition) is 0. The Morgan fingerprint density at radius 2 is 1.75 bits per heavy atom. The summed E-state index contributed by atoms with van der Waals surface area (Å²) in [5.74, 6) is 0.886. The van der Waals surface area contributed by atoms with E-state index in [1.165, 1.54) is 32.4 Å². The molecular weight excluding hydrogens is 198 g/mol. The van der Waals surface area contributed by atoms with Gasteiger partial charge in [-0.2, -0.15) is 0 Å². The zero-order valence-electron chi connectivity index (χ0n) is 11.8. The summed E-state index contributed by atoms with van der Waals surface area (Å²) in [7, 11) is 0. The summed E-state index contributed by atoms with van der Waals surface area (Å²) < 4.78 is 5.63. The van der Waals surface area contributed by atoms with Crippen molar-refractivity contribution in [3.63, 3.8) is 0 Å². The molecule has 1 aliphatic rings. The smallest absolute Gasteiger partial charge is 0.0518 e. The van der Waals surface area contributed by atoms with Gasteiger partial charge in [-0.05, 0) is 72.9 Å². The zero-order valence-corrected chi connectivity index (χ0v) is 11.8. The lowest BCUT2D eigenvalue weighted by atomic mass is 9.91. The normalized spacial score (nSPS) is 20.6. The van der Waals surface area contributed by atoms with Gasteiger partial charge in [-0.1, -0.05) is 0 Å². The Hall–Kier alpha value is -0.0800. The van der Waals surface area contributed by atoms with E-state index in [0.717, 1.165) is 12.5 Å². The van der Waals surface area contributed by atoms with Crippen LogP contribution in [0.25, 0.3) is 0 Å². The molecule has 1 saturated heterocycles. The fourth-order valence-corrected chi connectivity index (χ4v) is 2.36. The molecule has 0 spiro atoms. The summed E-state index contributed by atoms with van der Waals surface area (Å²) in [6, 6.07) is 0. The third-order valence-corrected chi connectivity index (χ3v) is 3.54. The Bertz CT molecular complexity index is 187. The maximum atomic E-state index is 5.63. The Morgan fingerprint density at radius 1 is 1.19 bits per heavy atom. The minimum Gasteiger partial charge on any atom is -0.379 e. The average molecular weight is 227 g/mol. The van der Waals surface area contributed by atoms with Crippen LogP contribution in [-0.4, -0.2) is 36.2 Å². The molecule has 1 rings (SSSR count). The summed E-state index contributed by atoms with van der Waals surface area (Å²) in [6.45, 7) is 14.6. The van der Waals surface area contributed by atoms with Crippen LogP contribution in [0.1, 0.15) is 53.9 Å². The number of hydrogen-bond acceptors (Lipinski definition) is 2. The number of ether oxygens (including phenoxy) is 1. The van der Waals surface area contributed by atoms with E-state index in [0.29, 0.717) is 11.6 Å². The van der Waals surface area contributed by atoms with Crippen molar-refractivity contribution in [2.75, 3.05) is 19.7 Å². The minimum atomic E-state index is 0.347. The van der Waals surface area contributed by atoms with Crippen molar-refractivity contribution in [3.05, 3.63) is 0 Å². The fraction of sp³-hybridized carbons (Fsp3) is 1.00. The van der Waals surface area contributed by atoms with E-state index in [4.69, 9.17) is 4.74 Å². The maximum Gasteiger partial charge on any atom is 0.0518 e. The molecule has 0 N–H and O–H groups in total. The van der Waals surface area contributed by atoms with Gasteiger partial charge in [0, 0.05) is 12.1 Å². The standard InChI is InChI=1S/C14H29NO/c1-12(2)16-11-8-13-6-9-15(10-7-13)14(3,4)5/h12-13H,6-11H2,1-5H3. The van der Waals surface area contributed by atoms with Crippen molar-refractivity contribution in [1.29, 1.82) is 0 Å². The highest BCUT2D eigenvalue weighted by Gasteiger charge is 2.26. The molecule has 2 heteroatoms. The number of nitrogens with zero attached hydrogens (tertiary/aromatic N) is 1. The monoisotopic (exact) mass is 227 g/mol. The van der Waals surface area contributed by atoms with Crippen LogP contribution in [0.3, 0.4) is 0 Å². The molecule has 0 aliphatic carbocycles. The van der Waals surface area contributed by atoms with Crippen LogP contribution < -0.4 is 0 Å². The first kappa shape index (κ1) is 14.0. The molecule has 0 amide bonds. The van der Waals surface area contributed by atoms with Gasteiger partial charge < -0.3 is 4.74 Å². The molecule has 1 aliphatic heterocycles. The van der Waals surface area contributed by atoms with Crippen LogP contribution in [0.2, 0.25) is 0 Å². The molecule has 0 aromatic heterocycles. The number of piperidine rings is 1. The van der Waals surface area contributed by atoms with E-state index in [2.05, 4.69) is 39.5 Å². The SMILES string of the molecule is CC(C)OCCC1CCN(C(C)(C)C)CC1. The molecule has 0 aromatic carbocycles. The van der Waals surface area contributed by atoms with Gasteiger partial charge in [0.05, 0.1) is 6.10 Å². The number of rotatable bonds is 4. The van der Waals surface area contributed by atoms with Crippen LogP contribution in [0, 0.1) is 5.92 Å². The lowest BCUT2D eigenvalue weighted by Gasteiger charge is -2.41. The Balaban J connectivity index is 2.17. The Kier molecular flexibility index (Phi) is 5.26. The molecule has 1 fully saturated rings. The maximum absolute atomic E-state index is 5.63. The Labute approximate surface area is 101 Å². The van der Waals surface area contributed by atoms with Gasteiger partial charge >= 0.3 is 0 Å². The van der Waals surface area contributed by atoms with Gasteiger partial charge in [-0.25, -0.2) is 0 Å². The molecule has 2 nitrogen and oxygen atoms in total. The third-order valence-electron chi connectivity index (χ3n) is 3.54. The molecule has 0 unspecified atom stereocenters. The van der Waals surface area contributed by atoms with E-state index < -0.39 is 0 Å². The summed E-state index contributed by atoms with van der Waals surface area (Å²) in [5, 5.41) is 0. The largest absolute Gasteiger partial charge is 0.379 e. The van der Waals surface area contributed by atoms with Gasteiger partial charge in [-0.15, -0.1) is 0 Å². The van der Waals surface area contributed by atoms with Gasteiger partial charge in [0.15, 0.2) is 0 Å². The van der Waals surface area contributed by atoms with Crippen molar-refractivity contribution < 1.29 is 4.74 Å². The highest BCUT2D eigenvalue weighted by molar-refractivity contribution is 4.81. The van der Waals surface area contributed by atoms with E-state index >= 15 is 0 Å². The second kappa shape index (κ2) is 6.02. The van der Waals surface area contributed by atoms with E-state index in [1.54, 1.807) is 0 Å². The third kappa shape index (κ3) is 4.84. The predicted molar refractivity (Wildman–Crippen MR) is 69.8 cm³/mol. The predicted octanol–water partition coefficient (Wildman–Crippen LogP) is 3.31. The van der Waals surface area contributed by atoms with E-state index in [1.807, 2.05) is 0 Å². The van der Waals surface area contributed by atoms with Crippen molar-refractivity contribution in [1.82, 2.24) is 4.90 Å². The second-order valence-electron chi connectivity index (χ2n) is 6.31. The first-order valence-electron chi connectivity index (χ1n) is 6.76. The van der Waals surface area contributed by atoms with Crippen LogP contribution in [0.15, 0.2) is 0 Å².